The van der Waals surface area contributed by atoms with Gasteiger partial charge in [-0.1, -0.05) is 45.9 Å². The van der Waals surface area contributed by atoms with E-state index in [0.29, 0.717) is 11.8 Å². The number of hydrogen-bond donors (Lipinski definition) is 1. The van der Waals surface area contributed by atoms with Gasteiger partial charge >= 0.3 is 6.03 Å². The number of nitrogens with one attached hydrogen (secondary N) is 1. The van der Waals surface area contributed by atoms with Crippen LogP contribution in [-0.2, 0) is 7.05 Å². The van der Waals surface area contributed by atoms with Gasteiger partial charge in [0.05, 0.1) is 5.69 Å². The maximum absolute atomic E-state index is 13.2. The molecule has 26 heavy (non-hydrogen) atoms. The number of anilines is 1. The van der Waals surface area contributed by atoms with Crippen molar-refractivity contribution in [2.75, 3.05) is 17.6 Å². The standard InChI is InChI=1S/C21H29N3OS/c1-14(2)16-8-6-9-17(15(3)4)19(16)22-21(25)24-12-13-26-20(24)18-10-7-11-23(18)5/h6-11,14-15,20H,12-13H2,1-5H3,(H,22,25)/t20-/m0/s1. The van der Waals surface area contributed by atoms with Crippen molar-refractivity contribution in [3.63, 3.8) is 0 Å². The minimum absolute atomic E-state index is 0.00352. The van der Waals surface area contributed by atoms with Gasteiger partial charge in [-0.2, -0.15) is 0 Å². The summed E-state index contributed by atoms with van der Waals surface area (Å²) in [5.41, 5.74) is 4.56. The van der Waals surface area contributed by atoms with Crippen LogP contribution in [0.5, 0.6) is 0 Å². The summed E-state index contributed by atoms with van der Waals surface area (Å²) < 4.78 is 2.10. The molecule has 1 aromatic heterocycles. The lowest BCUT2D eigenvalue weighted by atomic mass is 9.93. The van der Waals surface area contributed by atoms with E-state index in [1.807, 2.05) is 36.0 Å². The van der Waals surface area contributed by atoms with Gasteiger partial charge in [0.2, 0.25) is 0 Å². The monoisotopic (exact) mass is 371 g/mol. The number of nitrogens with zero attached hydrogens (tertiary/aromatic N) is 2. The molecule has 1 fully saturated rings. The maximum atomic E-state index is 13.2. The molecule has 0 radical (unpaired) electrons. The first-order valence-corrected chi connectivity index (χ1v) is 10.4. The molecule has 2 aromatic rings. The third-order valence-electron chi connectivity index (χ3n) is 4.99. The first kappa shape index (κ1) is 18.9. The number of carbonyl (C=O) groups is 1. The molecule has 5 heteroatoms. The molecular weight excluding hydrogens is 342 g/mol. The second-order valence-electron chi connectivity index (χ2n) is 7.51. The largest absolute Gasteiger partial charge is 0.352 e. The van der Waals surface area contributed by atoms with Crippen LogP contribution in [0.25, 0.3) is 0 Å². The van der Waals surface area contributed by atoms with Crippen molar-refractivity contribution in [2.45, 2.75) is 44.9 Å². The van der Waals surface area contributed by atoms with E-state index in [9.17, 15) is 4.79 Å². The van der Waals surface area contributed by atoms with E-state index in [2.05, 4.69) is 61.8 Å². The van der Waals surface area contributed by atoms with Gasteiger partial charge < -0.3 is 14.8 Å². The second kappa shape index (κ2) is 7.78. The predicted molar refractivity (Wildman–Crippen MR) is 111 cm³/mol. The van der Waals surface area contributed by atoms with E-state index in [4.69, 9.17) is 0 Å². The van der Waals surface area contributed by atoms with Gasteiger partial charge in [0.15, 0.2) is 0 Å². The summed E-state index contributed by atoms with van der Waals surface area (Å²) >= 11 is 1.83. The zero-order valence-corrected chi connectivity index (χ0v) is 17.1. The zero-order valence-electron chi connectivity index (χ0n) is 16.3. The van der Waals surface area contributed by atoms with E-state index in [0.717, 1.165) is 18.0 Å². The highest BCUT2D eigenvalue weighted by Gasteiger charge is 2.32. The number of urea groups is 1. The lowest BCUT2D eigenvalue weighted by molar-refractivity contribution is 0.213. The number of amides is 2. The fourth-order valence-electron chi connectivity index (χ4n) is 3.53. The fourth-order valence-corrected chi connectivity index (χ4v) is 4.85. The van der Waals surface area contributed by atoms with Crippen molar-refractivity contribution < 1.29 is 4.79 Å². The number of thioether (sulfide) groups is 1. The third kappa shape index (κ3) is 3.63. The Balaban J connectivity index is 1.89. The summed E-state index contributed by atoms with van der Waals surface area (Å²) in [6, 6.07) is 10.5. The van der Waals surface area contributed by atoms with Crippen LogP contribution >= 0.6 is 11.8 Å². The normalized spacial score (nSPS) is 17.3. The van der Waals surface area contributed by atoms with Crippen LogP contribution in [0.15, 0.2) is 36.5 Å². The molecule has 2 amide bonds. The summed E-state index contributed by atoms with van der Waals surface area (Å²) in [5.74, 6) is 1.69. The summed E-state index contributed by atoms with van der Waals surface area (Å²) in [4.78, 5) is 15.1. The molecule has 3 rings (SSSR count). The average molecular weight is 372 g/mol. The van der Waals surface area contributed by atoms with Crippen molar-refractivity contribution in [3.8, 4) is 0 Å². The molecule has 0 bridgehead atoms. The molecule has 2 heterocycles. The molecule has 1 saturated heterocycles. The molecule has 1 aliphatic rings. The number of rotatable bonds is 4. The Bertz CT molecular complexity index is 755. The molecule has 0 spiro atoms. The molecular formula is C21H29N3OS. The number of aromatic nitrogens is 1. The SMILES string of the molecule is CC(C)c1cccc(C(C)C)c1NC(=O)N1CCS[C@H]1c1cccn1C. The van der Waals surface area contributed by atoms with E-state index in [1.165, 1.54) is 16.8 Å². The molecule has 140 valence electrons. The highest BCUT2D eigenvalue weighted by Crippen LogP contribution is 2.39. The van der Waals surface area contributed by atoms with Crippen LogP contribution < -0.4 is 5.32 Å². The molecule has 0 saturated carbocycles. The molecule has 0 aliphatic carbocycles. The van der Waals surface area contributed by atoms with Crippen molar-refractivity contribution in [1.29, 1.82) is 0 Å². The minimum Gasteiger partial charge on any atom is -0.352 e. The van der Waals surface area contributed by atoms with Crippen molar-refractivity contribution in [2.24, 2.45) is 7.05 Å². The van der Waals surface area contributed by atoms with Gasteiger partial charge in [-0.05, 0) is 35.1 Å². The maximum Gasteiger partial charge on any atom is 0.323 e. The van der Waals surface area contributed by atoms with Crippen LogP contribution in [-0.4, -0.2) is 27.8 Å². The highest BCUT2D eigenvalue weighted by molar-refractivity contribution is 7.99. The van der Waals surface area contributed by atoms with Gasteiger partial charge in [-0.15, -0.1) is 11.8 Å². The summed E-state index contributed by atoms with van der Waals surface area (Å²) in [6.45, 7) is 9.47. The number of para-hydroxylation sites is 1. The second-order valence-corrected chi connectivity index (χ2v) is 8.70. The molecule has 1 atom stereocenters. The van der Waals surface area contributed by atoms with Gasteiger partial charge in [0, 0.05) is 31.2 Å². The van der Waals surface area contributed by atoms with Crippen molar-refractivity contribution in [3.05, 3.63) is 53.3 Å². The van der Waals surface area contributed by atoms with Gasteiger partial charge in [-0.25, -0.2) is 4.79 Å². The quantitative estimate of drug-likeness (QED) is 0.765. The Kier molecular flexibility index (Phi) is 5.66. The minimum atomic E-state index is -0.00352. The van der Waals surface area contributed by atoms with Crippen LogP contribution in [0, 0.1) is 0 Å². The van der Waals surface area contributed by atoms with E-state index >= 15 is 0 Å². The lowest BCUT2D eigenvalue weighted by Crippen LogP contribution is -2.35. The fraction of sp³-hybridized carbons (Fsp3) is 0.476. The smallest absolute Gasteiger partial charge is 0.323 e. The van der Waals surface area contributed by atoms with Crippen LogP contribution in [0.4, 0.5) is 10.5 Å². The third-order valence-corrected chi connectivity index (χ3v) is 6.22. The van der Waals surface area contributed by atoms with E-state index in [-0.39, 0.29) is 11.4 Å². The first-order valence-electron chi connectivity index (χ1n) is 9.33. The van der Waals surface area contributed by atoms with Gasteiger partial charge in [0.1, 0.15) is 5.37 Å². The number of hydrogen-bond acceptors (Lipinski definition) is 2. The van der Waals surface area contributed by atoms with Crippen molar-refractivity contribution >= 4 is 23.5 Å². The lowest BCUT2D eigenvalue weighted by Gasteiger charge is -2.27. The Morgan fingerprint density at radius 3 is 2.31 bits per heavy atom. The first-order chi connectivity index (χ1) is 12.4. The topological polar surface area (TPSA) is 37.3 Å². The van der Waals surface area contributed by atoms with Crippen LogP contribution in [0.1, 0.15) is 61.7 Å². The molecule has 1 aromatic carbocycles. The van der Waals surface area contributed by atoms with E-state index in [1.54, 1.807) is 0 Å². The zero-order chi connectivity index (χ0) is 18.8. The molecule has 4 nitrogen and oxygen atoms in total. The Morgan fingerprint density at radius 2 is 1.77 bits per heavy atom. The summed E-state index contributed by atoms with van der Waals surface area (Å²) in [5, 5.41) is 3.33. The van der Waals surface area contributed by atoms with Gasteiger partial charge in [0.25, 0.3) is 0 Å². The van der Waals surface area contributed by atoms with Crippen LogP contribution in [0.2, 0.25) is 0 Å². The summed E-state index contributed by atoms with van der Waals surface area (Å²) in [7, 11) is 2.04. The number of aryl methyl sites for hydroxylation is 1. The average Bonchev–Trinajstić information content (AvgIpc) is 3.22. The summed E-state index contributed by atoms with van der Waals surface area (Å²) in [6.07, 6.45) is 2.04. The molecule has 1 aliphatic heterocycles. The van der Waals surface area contributed by atoms with Gasteiger partial charge in [-0.3, -0.25) is 0 Å². The number of benzene rings is 1. The van der Waals surface area contributed by atoms with Crippen molar-refractivity contribution in [1.82, 2.24) is 9.47 Å². The van der Waals surface area contributed by atoms with E-state index < -0.39 is 0 Å². The highest BCUT2D eigenvalue weighted by atomic mass is 32.2. The Hall–Kier alpha value is -1.88. The van der Waals surface area contributed by atoms with Crippen LogP contribution in [0.3, 0.4) is 0 Å². The number of carbonyl (C=O) groups excluding carboxylic acids is 1. The molecule has 1 N–H and O–H groups in total. The predicted octanol–water partition coefficient (Wildman–Crippen LogP) is 5.55. The Labute approximate surface area is 161 Å². The molecule has 0 unspecified atom stereocenters. The Morgan fingerprint density at radius 1 is 1.12 bits per heavy atom.